The van der Waals surface area contributed by atoms with Crippen molar-refractivity contribution in [2.24, 2.45) is 0 Å². The highest BCUT2D eigenvalue weighted by Gasteiger charge is 2.21. The van der Waals surface area contributed by atoms with E-state index in [4.69, 9.17) is 15.3 Å². The Hall–Kier alpha value is -0.900. The van der Waals surface area contributed by atoms with Crippen LogP contribution in [0.25, 0.3) is 0 Å². The van der Waals surface area contributed by atoms with Gasteiger partial charge in [0.1, 0.15) is 0 Å². The lowest BCUT2D eigenvalue weighted by atomic mass is 10.1. The van der Waals surface area contributed by atoms with Gasteiger partial charge in [-0.05, 0) is 5.56 Å². The third-order valence-corrected chi connectivity index (χ3v) is 1.68. The summed E-state index contributed by atoms with van der Waals surface area (Å²) in [4.78, 5) is 0. The van der Waals surface area contributed by atoms with Crippen molar-refractivity contribution in [3.63, 3.8) is 0 Å². The van der Waals surface area contributed by atoms with Gasteiger partial charge < -0.3 is 15.3 Å². The molecule has 0 aliphatic heterocycles. The van der Waals surface area contributed by atoms with E-state index in [2.05, 4.69) is 0 Å². The van der Waals surface area contributed by atoms with Crippen LogP contribution in [0.3, 0.4) is 0 Å². The van der Waals surface area contributed by atoms with Crippen molar-refractivity contribution >= 4 is 0 Å². The molecule has 0 fully saturated rings. The number of hydrogen-bond donors (Lipinski definition) is 1. The Morgan fingerprint density at radius 1 is 1.17 bits per heavy atom. The van der Waals surface area contributed by atoms with Crippen molar-refractivity contribution in [2.45, 2.75) is 18.8 Å². The second-order valence-electron chi connectivity index (χ2n) is 2.74. The standard InChI is InChI=1S/C9H12O3/c10-8(9(11)12)6-7-4-2-1-3-5-7/h1-5,8-12H,6H2/p+2. The Bertz CT molecular complexity index is 220. The highest BCUT2D eigenvalue weighted by atomic mass is 16.5. The van der Waals surface area contributed by atoms with Crippen molar-refractivity contribution in [3.8, 4) is 0 Å². The third-order valence-electron chi connectivity index (χ3n) is 1.68. The fourth-order valence-corrected chi connectivity index (χ4v) is 0.980. The molecule has 0 radical (unpaired) electrons. The predicted octanol–water partition coefficient (Wildman–Crippen LogP) is -0.635. The van der Waals surface area contributed by atoms with Crippen LogP contribution in [-0.2, 0) is 6.42 Å². The van der Waals surface area contributed by atoms with Gasteiger partial charge in [0, 0.05) is 0 Å². The Labute approximate surface area is 70.9 Å². The number of aliphatic hydroxyl groups excluding tert-OH is 1. The maximum absolute atomic E-state index is 8.76. The molecule has 0 saturated carbocycles. The molecule has 66 valence electrons. The Morgan fingerprint density at radius 3 is 2.25 bits per heavy atom. The fourth-order valence-electron chi connectivity index (χ4n) is 0.980. The molecule has 3 nitrogen and oxygen atoms in total. The molecule has 3 heteroatoms. The number of aliphatic hydroxyl groups is 1. The maximum atomic E-state index is 8.76. The van der Waals surface area contributed by atoms with Gasteiger partial charge in [-0.15, -0.1) is 0 Å². The molecule has 0 aromatic heterocycles. The van der Waals surface area contributed by atoms with Gasteiger partial charge in [-0.3, -0.25) is 0 Å². The molecule has 2 atom stereocenters. The molecule has 0 bridgehead atoms. The van der Waals surface area contributed by atoms with Crippen molar-refractivity contribution in [3.05, 3.63) is 35.9 Å². The van der Waals surface area contributed by atoms with Gasteiger partial charge in [0.05, 0.1) is 6.42 Å². The first-order valence-corrected chi connectivity index (χ1v) is 3.84. The molecule has 1 rings (SSSR count). The van der Waals surface area contributed by atoms with Gasteiger partial charge in [0.2, 0.25) is 0 Å². The summed E-state index contributed by atoms with van der Waals surface area (Å²) in [5.41, 5.74) is 0.990. The minimum Gasteiger partial charge on any atom is -0.435 e. The molecule has 0 saturated heterocycles. The summed E-state index contributed by atoms with van der Waals surface area (Å²) >= 11 is 0. The monoisotopic (exact) mass is 170 g/mol. The van der Waals surface area contributed by atoms with Crippen LogP contribution in [0.2, 0.25) is 0 Å². The third kappa shape index (κ3) is 2.62. The van der Waals surface area contributed by atoms with Gasteiger partial charge in [0.25, 0.3) is 6.10 Å². The van der Waals surface area contributed by atoms with Crippen LogP contribution in [0.4, 0.5) is 0 Å². The van der Waals surface area contributed by atoms with Crippen LogP contribution >= 0.6 is 0 Å². The van der Waals surface area contributed by atoms with E-state index in [0.29, 0.717) is 6.42 Å². The molecule has 0 amide bonds. The summed E-state index contributed by atoms with van der Waals surface area (Å²) in [5.74, 6) is 0. The SMILES string of the molecule is OC([OH2+])C([OH2+])Cc1ccccc1. The number of benzene rings is 1. The molecule has 0 heterocycles. The average Bonchev–Trinajstić information content (AvgIpc) is 2.06. The molecule has 1 aromatic rings. The van der Waals surface area contributed by atoms with Crippen LogP contribution < -0.4 is 0 Å². The molecule has 12 heavy (non-hydrogen) atoms. The second-order valence-corrected chi connectivity index (χ2v) is 2.74. The van der Waals surface area contributed by atoms with Crippen LogP contribution in [0, 0.1) is 0 Å². The van der Waals surface area contributed by atoms with E-state index in [1.165, 1.54) is 0 Å². The van der Waals surface area contributed by atoms with Gasteiger partial charge in [-0.2, -0.15) is 0 Å². The highest BCUT2D eigenvalue weighted by Crippen LogP contribution is 2.04. The molecule has 2 unspecified atom stereocenters. The average molecular weight is 170 g/mol. The summed E-state index contributed by atoms with van der Waals surface area (Å²) in [6.07, 6.45) is -1.61. The predicted molar refractivity (Wildman–Crippen MR) is 47.2 cm³/mol. The summed E-state index contributed by atoms with van der Waals surface area (Å²) in [6, 6.07) is 9.46. The van der Waals surface area contributed by atoms with Crippen LogP contribution in [0.5, 0.6) is 0 Å². The Kier molecular flexibility index (Phi) is 3.22. The zero-order chi connectivity index (χ0) is 8.97. The molecule has 1 aromatic carbocycles. The fraction of sp³-hybridized carbons (Fsp3) is 0.333. The van der Waals surface area contributed by atoms with Gasteiger partial charge in [-0.25, -0.2) is 0 Å². The second kappa shape index (κ2) is 4.21. The van der Waals surface area contributed by atoms with E-state index in [1.54, 1.807) is 0 Å². The van der Waals surface area contributed by atoms with E-state index >= 15 is 0 Å². The Morgan fingerprint density at radius 2 is 1.75 bits per heavy atom. The van der Waals surface area contributed by atoms with E-state index in [0.717, 1.165) is 5.56 Å². The van der Waals surface area contributed by atoms with E-state index in [1.807, 2.05) is 30.3 Å². The highest BCUT2D eigenvalue weighted by molar-refractivity contribution is 5.15. The molecule has 5 N–H and O–H groups in total. The topological polar surface area (TPSA) is 66.0 Å². The quantitative estimate of drug-likeness (QED) is 0.476. The largest absolute Gasteiger partial charge is 0.435 e. The zero-order valence-electron chi connectivity index (χ0n) is 6.70. The molecular formula is C9H14O3+2. The minimum absolute atomic E-state index is 0.436. The summed E-state index contributed by atoms with van der Waals surface area (Å²) in [7, 11) is 0. The van der Waals surface area contributed by atoms with Gasteiger partial charge in [0.15, 0.2) is 0 Å². The van der Waals surface area contributed by atoms with Crippen molar-refractivity contribution in [1.29, 1.82) is 0 Å². The smallest absolute Gasteiger partial charge is 0.335 e. The van der Waals surface area contributed by atoms with Crippen LogP contribution in [0.15, 0.2) is 30.3 Å². The number of hydrogen-bond acceptors (Lipinski definition) is 1. The lowest BCUT2D eigenvalue weighted by molar-refractivity contribution is -0.120. The summed E-state index contributed by atoms with van der Waals surface area (Å²) in [5, 5.41) is 23.0. The molecule has 0 aliphatic rings. The molecule has 0 spiro atoms. The normalized spacial score (nSPS) is 15.6. The van der Waals surface area contributed by atoms with Crippen molar-refractivity contribution < 1.29 is 15.3 Å². The first-order chi connectivity index (χ1) is 5.70. The Balaban J connectivity index is 2.53. The first kappa shape index (κ1) is 9.19. The molecule has 0 aliphatic carbocycles. The van der Waals surface area contributed by atoms with E-state index < -0.39 is 12.4 Å². The van der Waals surface area contributed by atoms with E-state index in [-0.39, 0.29) is 0 Å². The van der Waals surface area contributed by atoms with Gasteiger partial charge >= 0.3 is 6.29 Å². The van der Waals surface area contributed by atoms with Crippen LogP contribution in [0.1, 0.15) is 5.56 Å². The van der Waals surface area contributed by atoms with E-state index in [9.17, 15) is 0 Å². The molecular weight excluding hydrogens is 156 g/mol. The lowest BCUT2D eigenvalue weighted by Crippen LogP contribution is -2.27. The first-order valence-electron chi connectivity index (χ1n) is 3.84. The summed E-state index contributed by atoms with van der Waals surface area (Å²) in [6.45, 7) is 0. The number of rotatable bonds is 3. The van der Waals surface area contributed by atoms with Crippen molar-refractivity contribution in [1.82, 2.24) is 0 Å². The minimum atomic E-state index is -1.30. The van der Waals surface area contributed by atoms with Crippen molar-refractivity contribution in [2.75, 3.05) is 0 Å². The zero-order valence-corrected chi connectivity index (χ0v) is 6.70. The lowest BCUT2D eigenvalue weighted by Gasteiger charge is -2.04. The maximum Gasteiger partial charge on any atom is 0.335 e. The van der Waals surface area contributed by atoms with Gasteiger partial charge in [-0.1, -0.05) is 30.3 Å². The van der Waals surface area contributed by atoms with Crippen LogP contribution in [-0.4, -0.2) is 27.7 Å². The summed E-state index contributed by atoms with van der Waals surface area (Å²) < 4.78 is 0.